The van der Waals surface area contributed by atoms with Gasteiger partial charge in [0.05, 0.1) is 0 Å². The van der Waals surface area contributed by atoms with Crippen molar-refractivity contribution < 1.29 is 26.2 Å². The zero-order chi connectivity index (χ0) is 23.3. The van der Waals surface area contributed by atoms with Gasteiger partial charge in [-0.3, -0.25) is 0 Å². The Bertz CT molecular complexity index is 1040. The minimum Gasteiger partial charge on any atom is -0.103 e. The molecule has 172 valence electrons. The van der Waals surface area contributed by atoms with Gasteiger partial charge in [-0.1, -0.05) is 115 Å². The number of hydrogen-bond donors (Lipinski definition) is 0. The molecule has 1 unspecified atom stereocenters. The van der Waals surface area contributed by atoms with Gasteiger partial charge in [0, 0.05) is 37.5 Å². The van der Waals surface area contributed by atoms with Crippen LogP contribution in [0.2, 0.25) is 0 Å². The Kier molecular flexibility index (Phi) is 7.37. The van der Waals surface area contributed by atoms with Crippen molar-refractivity contribution in [2.45, 2.75) is 84.5 Å². The fourth-order valence-corrected chi connectivity index (χ4v) is 5.64. The number of fused-ring (bicyclic) bond motifs is 3. The smallest absolute Gasteiger partial charge is 0.0193 e. The average Bonchev–Trinajstić information content (AvgIpc) is 3.36. The van der Waals surface area contributed by atoms with Crippen LogP contribution in [0.1, 0.15) is 95.9 Å². The molecule has 0 amide bonds. The molecule has 0 N–H and O–H groups in total. The molecule has 1 atom stereocenters. The summed E-state index contributed by atoms with van der Waals surface area (Å²) in [7, 11) is 0. The van der Waals surface area contributed by atoms with E-state index in [2.05, 4.69) is 116 Å². The monoisotopic (exact) mass is 514 g/mol. The van der Waals surface area contributed by atoms with Crippen molar-refractivity contribution in [1.82, 2.24) is 0 Å². The van der Waals surface area contributed by atoms with Crippen molar-refractivity contribution in [2.24, 2.45) is 5.41 Å². The molecule has 0 aliphatic heterocycles. The molecule has 0 heterocycles. The van der Waals surface area contributed by atoms with Crippen molar-refractivity contribution in [3.05, 3.63) is 95.1 Å². The number of hydrogen-bond acceptors (Lipinski definition) is 0. The van der Waals surface area contributed by atoms with Crippen LogP contribution >= 0.6 is 0 Å². The molecule has 0 aromatic heterocycles. The predicted octanol–water partition coefficient (Wildman–Crippen LogP) is 9.25. The molecule has 2 aliphatic carbocycles. The van der Waals surface area contributed by atoms with Gasteiger partial charge in [0.2, 0.25) is 0 Å². The first-order valence-corrected chi connectivity index (χ1v) is 12.2. The Balaban J connectivity index is 0.00000306. The first kappa shape index (κ1) is 26.2. The molecule has 0 bridgehead atoms. The summed E-state index contributed by atoms with van der Waals surface area (Å²) in [6.07, 6.45) is 12.2. The van der Waals surface area contributed by atoms with Crippen LogP contribution in [-0.2, 0) is 37.0 Å². The van der Waals surface area contributed by atoms with E-state index in [1.54, 1.807) is 5.57 Å². The average molecular weight is 516 g/mol. The van der Waals surface area contributed by atoms with Crippen LogP contribution in [0.4, 0.5) is 0 Å². The standard InChI is InChI=1S/C32H40.Zr/c1-9-10-19-32(8,22-13-11-12-14-22)29-27-20-23(30(2,3)4)15-17-25(27)26-18-16-24(21-28(26)29)31(5,6)7;/h9,11-13,15-18,20-21,29H,1,10,14,19H2,2-8H3;. The zero-order valence-electron chi connectivity index (χ0n) is 21.7. The van der Waals surface area contributed by atoms with Gasteiger partial charge in [0.25, 0.3) is 0 Å². The Morgan fingerprint density at radius 2 is 1.36 bits per heavy atom. The summed E-state index contributed by atoms with van der Waals surface area (Å²) in [4.78, 5) is 0. The maximum Gasteiger partial charge on any atom is 0.0193 e. The normalized spacial score (nSPS) is 17.1. The molecule has 33 heavy (non-hydrogen) atoms. The van der Waals surface area contributed by atoms with Gasteiger partial charge >= 0.3 is 0 Å². The van der Waals surface area contributed by atoms with Crippen LogP contribution in [0.15, 0.2) is 72.9 Å². The second-order valence-electron chi connectivity index (χ2n) is 12.1. The minimum atomic E-state index is 0. The van der Waals surface area contributed by atoms with Gasteiger partial charge in [-0.25, -0.2) is 0 Å². The summed E-state index contributed by atoms with van der Waals surface area (Å²) in [5, 5.41) is 0. The molecule has 0 saturated heterocycles. The van der Waals surface area contributed by atoms with Crippen LogP contribution in [0.5, 0.6) is 0 Å². The molecule has 0 saturated carbocycles. The van der Waals surface area contributed by atoms with Crippen LogP contribution in [0.3, 0.4) is 0 Å². The molecule has 0 fully saturated rings. The summed E-state index contributed by atoms with van der Waals surface area (Å²) in [6, 6.07) is 14.5. The predicted molar refractivity (Wildman–Crippen MR) is 140 cm³/mol. The van der Waals surface area contributed by atoms with E-state index in [0.29, 0.717) is 5.92 Å². The number of allylic oxidation sites excluding steroid dienone is 5. The van der Waals surface area contributed by atoms with Gasteiger partial charge in [0.15, 0.2) is 0 Å². The zero-order valence-corrected chi connectivity index (χ0v) is 24.1. The van der Waals surface area contributed by atoms with Gasteiger partial charge in [-0.05, 0) is 63.5 Å². The van der Waals surface area contributed by atoms with E-state index in [9.17, 15) is 0 Å². The summed E-state index contributed by atoms with van der Waals surface area (Å²) >= 11 is 0. The maximum absolute atomic E-state index is 4.06. The van der Waals surface area contributed by atoms with Gasteiger partial charge in [-0.15, -0.1) is 6.58 Å². The third-order valence-corrected chi connectivity index (χ3v) is 7.76. The second-order valence-corrected chi connectivity index (χ2v) is 12.1. The topological polar surface area (TPSA) is 0 Å². The molecule has 2 aliphatic rings. The minimum absolute atomic E-state index is 0. The fraction of sp³-hybridized carbons (Fsp3) is 0.438. The Labute approximate surface area is 221 Å². The molecule has 0 radical (unpaired) electrons. The quantitative estimate of drug-likeness (QED) is 0.348. The van der Waals surface area contributed by atoms with Crippen molar-refractivity contribution in [2.75, 3.05) is 0 Å². The fourth-order valence-electron chi connectivity index (χ4n) is 5.64. The van der Waals surface area contributed by atoms with Crippen molar-refractivity contribution in [3.8, 4) is 11.1 Å². The van der Waals surface area contributed by atoms with Gasteiger partial charge in [-0.2, -0.15) is 0 Å². The van der Waals surface area contributed by atoms with Crippen molar-refractivity contribution in [3.63, 3.8) is 0 Å². The number of benzene rings is 2. The molecular formula is C32H40Zr. The molecule has 0 spiro atoms. The Morgan fingerprint density at radius 3 is 1.76 bits per heavy atom. The van der Waals surface area contributed by atoms with Crippen molar-refractivity contribution in [1.29, 1.82) is 0 Å². The molecule has 1 heteroatoms. The maximum atomic E-state index is 4.06. The van der Waals surface area contributed by atoms with Crippen LogP contribution in [-0.4, -0.2) is 0 Å². The van der Waals surface area contributed by atoms with Gasteiger partial charge in [0.1, 0.15) is 0 Å². The summed E-state index contributed by atoms with van der Waals surface area (Å²) in [6.45, 7) is 20.5. The van der Waals surface area contributed by atoms with Crippen molar-refractivity contribution >= 4 is 0 Å². The van der Waals surface area contributed by atoms with Gasteiger partial charge < -0.3 is 0 Å². The van der Waals surface area contributed by atoms with Crippen LogP contribution < -0.4 is 0 Å². The van der Waals surface area contributed by atoms with E-state index in [0.717, 1.165) is 19.3 Å². The second kappa shape index (κ2) is 9.30. The summed E-state index contributed by atoms with van der Waals surface area (Å²) in [5.74, 6) is 0.364. The summed E-state index contributed by atoms with van der Waals surface area (Å²) < 4.78 is 0. The third-order valence-electron chi connectivity index (χ3n) is 7.76. The van der Waals surface area contributed by atoms with E-state index < -0.39 is 0 Å². The molecule has 2 aromatic rings. The molecule has 4 rings (SSSR count). The molecular weight excluding hydrogens is 476 g/mol. The largest absolute Gasteiger partial charge is 0.103 e. The Morgan fingerprint density at radius 1 is 0.848 bits per heavy atom. The molecule has 0 nitrogen and oxygen atoms in total. The first-order valence-electron chi connectivity index (χ1n) is 12.2. The Hall–Kier alpha value is -1.46. The number of rotatable bonds is 5. The first-order chi connectivity index (χ1) is 15.0. The van der Waals surface area contributed by atoms with E-state index in [1.165, 1.54) is 33.4 Å². The third kappa shape index (κ3) is 4.73. The van der Waals surface area contributed by atoms with Crippen LogP contribution in [0, 0.1) is 5.41 Å². The summed E-state index contributed by atoms with van der Waals surface area (Å²) in [5.41, 5.74) is 10.6. The van der Waals surface area contributed by atoms with E-state index >= 15 is 0 Å². The van der Waals surface area contributed by atoms with E-state index in [4.69, 9.17) is 0 Å². The van der Waals surface area contributed by atoms with E-state index in [-0.39, 0.29) is 42.4 Å². The van der Waals surface area contributed by atoms with Crippen LogP contribution in [0.25, 0.3) is 11.1 Å². The molecule has 2 aromatic carbocycles. The SMILES string of the molecule is C=CCCC(C)(C1=CC=CC1)C1c2cc(C(C)(C)C)ccc2-c2ccc(C(C)(C)C)cc21.[Zr]. The van der Waals surface area contributed by atoms with E-state index in [1.807, 2.05) is 0 Å².